The summed E-state index contributed by atoms with van der Waals surface area (Å²) in [5.41, 5.74) is 4.10. The van der Waals surface area contributed by atoms with Crippen LogP contribution in [0.2, 0.25) is 0 Å². The van der Waals surface area contributed by atoms with Crippen LogP contribution in [0.1, 0.15) is 42.4 Å². The van der Waals surface area contributed by atoms with Crippen LogP contribution >= 0.6 is 0 Å². The second kappa shape index (κ2) is 4.81. The number of benzene rings is 1. The predicted molar refractivity (Wildman–Crippen MR) is 59.2 cm³/mol. The maximum absolute atomic E-state index is 8.54. The molecule has 0 saturated heterocycles. The van der Waals surface area contributed by atoms with Crippen molar-refractivity contribution < 1.29 is 0 Å². The molecule has 0 aliphatic heterocycles. The quantitative estimate of drug-likeness (QED) is 0.707. The van der Waals surface area contributed by atoms with E-state index in [9.17, 15) is 0 Å². The van der Waals surface area contributed by atoms with Crippen LogP contribution in [-0.2, 0) is 0 Å². The molecular weight excluding hydrogens is 170 g/mol. The largest absolute Gasteiger partial charge is 0.198 e. The smallest absolute Gasteiger partial charge is 0.0621 e. The molecule has 1 nitrogen and oxygen atoms in total. The van der Waals surface area contributed by atoms with Gasteiger partial charge < -0.3 is 0 Å². The summed E-state index contributed by atoms with van der Waals surface area (Å²) in [4.78, 5) is 0. The summed E-state index contributed by atoms with van der Waals surface area (Å²) in [5, 5.41) is 8.54. The lowest BCUT2D eigenvalue weighted by Gasteiger charge is -2.14. The molecule has 1 aromatic carbocycles. The molecule has 1 atom stereocenters. The fourth-order valence-electron chi connectivity index (χ4n) is 1.74. The molecule has 0 aliphatic carbocycles. The minimum absolute atomic E-state index is 0.495. The lowest BCUT2D eigenvalue weighted by Crippen LogP contribution is -1.97. The first-order chi connectivity index (χ1) is 6.66. The first-order valence-corrected chi connectivity index (χ1v) is 5.10. The van der Waals surface area contributed by atoms with Crippen molar-refractivity contribution in [3.8, 4) is 6.07 Å². The van der Waals surface area contributed by atoms with Crippen molar-refractivity contribution in [1.29, 1.82) is 5.26 Å². The molecule has 0 saturated carbocycles. The molecule has 0 amide bonds. The maximum atomic E-state index is 8.54. The molecule has 1 rings (SSSR count). The minimum Gasteiger partial charge on any atom is -0.198 e. The SMILES string of the molecule is Cc1cccc(C(C)CCC#N)c1C. The van der Waals surface area contributed by atoms with Crippen molar-refractivity contribution in [2.75, 3.05) is 0 Å². The van der Waals surface area contributed by atoms with Crippen LogP contribution in [0, 0.1) is 25.2 Å². The Morgan fingerprint density at radius 3 is 2.71 bits per heavy atom. The van der Waals surface area contributed by atoms with Crippen LogP contribution in [0.25, 0.3) is 0 Å². The molecular formula is C13H17N. The Hall–Kier alpha value is -1.29. The predicted octanol–water partition coefficient (Wildman–Crippen LogP) is 3.71. The van der Waals surface area contributed by atoms with Gasteiger partial charge in [-0.2, -0.15) is 5.26 Å². The first kappa shape index (κ1) is 10.8. The zero-order valence-corrected chi connectivity index (χ0v) is 9.17. The number of rotatable bonds is 3. The highest BCUT2D eigenvalue weighted by molar-refractivity contribution is 5.35. The molecule has 0 bridgehead atoms. The maximum Gasteiger partial charge on any atom is 0.0621 e. The van der Waals surface area contributed by atoms with Gasteiger partial charge in [0.05, 0.1) is 6.07 Å². The van der Waals surface area contributed by atoms with Crippen molar-refractivity contribution in [2.45, 2.75) is 39.5 Å². The molecule has 0 spiro atoms. The summed E-state index contributed by atoms with van der Waals surface area (Å²) in [7, 11) is 0. The van der Waals surface area contributed by atoms with Gasteiger partial charge in [-0.25, -0.2) is 0 Å². The van der Waals surface area contributed by atoms with Crippen molar-refractivity contribution in [1.82, 2.24) is 0 Å². The fourth-order valence-corrected chi connectivity index (χ4v) is 1.74. The highest BCUT2D eigenvalue weighted by atomic mass is 14.2. The van der Waals surface area contributed by atoms with Crippen LogP contribution in [0.15, 0.2) is 18.2 Å². The summed E-state index contributed by atoms with van der Waals surface area (Å²) in [5.74, 6) is 0.495. The Morgan fingerprint density at radius 1 is 1.36 bits per heavy atom. The highest BCUT2D eigenvalue weighted by Crippen LogP contribution is 2.25. The zero-order valence-electron chi connectivity index (χ0n) is 9.17. The van der Waals surface area contributed by atoms with E-state index in [4.69, 9.17) is 5.26 Å². The van der Waals surface area contributed by atoms with Crippen LogP contribution in [0.5, 0.6) is 0 Å². The number of hydrogen-bond donors (Lipinski definition) is 0. The Morgan fingerprint density at radius 2 is 2.07 bits per heavy atom. The second-order valence-electron chi connectivity index (χ2n) is 3.89. The van der Waals surface area contributed by atoms with Gasteiger partial charge in [0.1, 0.15) is 0 Å². The van der Waals surface area contributed by atoms with Crippen molar-refractivity contribution in [3.63, 3.8) is 0 Å². The van der Waals surface area contributed by atoms with E-state index in [0.29, 0.717) is 12.3 Å². The molecule has 0 heterocycles. The van der Waals surface area contributed by atoms with E-state index < -0.39 is 0 Å². The third-order valence-electron chi connectivity index (χ3n) is 2.87. The third kappa shape index (κ3) is 2.35. The van der Waals surface area contributed by atoms with Gasteiger partial charge in [0, 0.05) is 6.42 Å². The Balaban J connectivity index is 2.85. The van der Waals surface area contributed by atoms with E-state index in [0.717, 1.165) is 6.42 Å². The summed E-state index contributed by atoms with van der Waals surface area (Å²) < 4.78 is 0. The van der Waals surface area contributed by atoms with E-state index in [1.54, 1.807) is 0 Å². The topological polar surface area (TPSA) is 23.8 Å². The highest BCUT2D eigenvalue weighted by Gasteiger charge is 2.08. The molecule has 0 aromatic heterocycles. The Kier molecular flexibility index (Phi) is 3.71. The van der Waals surface area contributed by atoms with Crippen molar-refractivity contribution in [2.24, 2.45) is 0 Å². The monoisotopic (exact) mass is 187 g/mol. The van der Waals surface area contributed by atoms with Gasteiger partial charge in [0.25, 0.3) is 0 Å². The Labute approximate surface area is 86.4 Å². The van der Waals surface area contributed by atoms with Crippen LogP contribution < -0.4 is 0 Å². The average molecular weight is 187 g/mol. The number of aryl methyl sites for hydroxylation is 1. The van der Waals surface area contributed by atoms with E-state index >= 15 is 0 Å². The van der Waals surface area contributed by atoms with Crippen molar-refractivity contribution >= 4 is 0 Å². The van der Waals surface area contributed by atoms with E-state index in [1.807, 2.05) is 0 Å². The molecule has 1 unspecified atom stereocenters. The molecule has 0 fully saturated rings. The summed E-state index contributed by atoms with van der Waals surface area (Å²) in [6.45, 7) is 6.49. The van der Waals surface area contributed by atoms with Crippen molar-refractivity contribution in [3.05, 3.63) is 34.9 Å². The normalized spacial score (nSPS) is 12.1. The molecule has 14 heavy (non-hydrogen) atoms. The molecule has 0 N–H and O–H groups in total. The average Bonchev–Trinajstić information content (AvgIpc) is 2.18. The van der Waals surface area contributed by atoms with E-state index in [2.05, 4.69) is 45.0 Å². The van der Waals surface area contributed by atoms with Crippen LogP contribution in [0.3, 0.4) is 0 Å². The zero-order chi connectivity index (χ0) is 10.6. The van der Waals surface area contributed by atoms with Crippen LogP contribution in [-0.4, -0.2) is 0 Å². The fraction of sp³-hybridized carbons (Fsp3) is 0.462. The van der Waals surface area contributed by atoms with Gasteiger partial charge in [-0.3, -0.25) is 0 Å². The lowest BCUT2D eigenvalue weighted by molar-refractivity contribution is 0.690. The number of nitrogens with zero attached hydrogens (tertiary/aromatic N) is 1. The number of nitriles is 1. The molecule has 0 aliphatic rings. The summed E-state index contributed by atoms with van der Waals surface area (Å²) in [6, 6.07) is 8.61. The standard InChI is InChI=1S/C13H17N/c1-10-6-4-8-13(12(10)3)11(2)7-5-9-14/h4,6,8,11H,5,7H2,1-3H3. The third-order valence-corrected chi connectivity index (χ3v) is 2.87. The summed E-state index contributed by atoms with van der Waals surface area (Å²) in [6.07, 6.45) is 1.61. The number of hydrogen-bond acceptors (Lipinski definition) is 1. The van der Waals surface area contributed by atoms with Gasteiger partial charge in [-0.1, -0.05) is 25.1 Å². The van der Waals surface area contributed by atoms with Crippen LogP contribution in [0.4, 0.5) is 0 Å². The first-order valence-electron chi connectivity index (χ1n) is 5.10. The second-order valence-corrected chi connectivity index (χ2v) is 3.89. The van der Waals surface area contributed by atoms with Gasteiger partial charge in [0.15, 0.2) is 0 Å². The minimum atomic E-state index is 0.495. The van der Waals surface area contributed by atoms with Gasteiger partial charge in [0.2, 0.25) is 0 Å². The van der Waals surface area contributed by atoms with E-state index in [-0.39, 0.29) is 0 Å². The van der Waals surface area contributed by atoms with Gasteiger partial charge in [-0.05, 0) is 42.9 Å². The van der Waals surface area contributed by atoms with Gasteiger partial charge >= 0.3 is 0 Å². The Bertz CT molecular complexity index is 347. The molecule has 1 heteroatoms. The molecule has 0 radical (unpaired) electrons. The summed E-state index contributed by atoms with van der Waals surface area (Å²) >= 11 is 0. The van der Waals surface area contributed by atoms with Gasteiger partial charge in [-0.15, -0.1) is 0 Å². The molecule has 1 aromatic rings. The van der Waals surface area contributed by atoms with E-state index in [1.165, 1.54) is 16.7 Å². The lowest BCUT2D eigenvalue weighted by atomic mass is 9.91. The molecule has 74 valence electrons.